The first-order valence-electron chi connectivity index (χ1n) is 6.51. The lowest BCUT2D eigenvalue weighted by molar-refractivity contribution is 0.628. The molecule has 0 aromatic heterocycles. The Kier molecular flexibility index (Phi) is 2.27. The lowest BCUT2D eigenvalue weighted by Gasteiger charge is -2.05. The van der Waals surface area contributed by atoms with Crippen LogP contribution in [0.15, 0.2) is 47.6 Å². The van der Waals surface area contributed by atoms with Crippen molar-refractivity contribution in [3.8, 4) is 22.5 Å². The first-order chi connectivity index (χ1) is 9.70. The van der Waals surface area contributed by atoms with E-state index in [1.807, 2.05) is 25.3 Å². The molecule has 0 aliphatic carbocycles. The van der Waals surface area contributed by atoms with E-state index in [1.165, 1.54) is 12.1 Å². The van der Waals surface area contributed by atoms with Crippen molar-refractivity contribution in [3.63, 3.8) is 0 Å². The van der Waals surface area contributed by atoms with Gasteiger partial charge in [0.15, 0.2) is 0 Å². The van der Waals surface area contributed by atoms with Crippen LogP contribution in [0.4, 0.5) is 10.2 Å². The van der Waals surface area contributed by atoms with Crippen LogP contribution in [-0.4, -0.2) is 15.3 Å². The number of aromatic nitrogens is 2. The fraction of sp³-hybridized carbons (Fsp3) is 0.125. The molecule has 0 spiro atoms. The van der Waals surface area contributed by atoms with Crippen molar-refractivity contribution in [2.45, 2.75) is 13.5 Å². The van der Waals surface area contributed by atoms with Crippen molar-refractivity contribution in [2.24, 2.45) is 4.99 Å². The standard InChI is InChI=1S/C16H12FN3/c1-10-9-20-7-6-14-13(16(20)18-10)8-15(19-14)11-2-4-12(17)5-3-11/h2-8H,9H2,1H3. The van der Waals surface area contributed by atoms with Gasteiger partial charge < -0.3 is 4.57 Å². The van der Waals surface area contributed by atoms with Gasteiger partial charge in [0.2, 0.25) is 0 Å². The third-order valence-corrected chi connectivity index (χ3v) is 3.56. The Bertz CT molecular complexity index is 799. The molecule has 0 amide bonds. The minimum absolute atomic E-state index is 0.235. The maximum Gasteiger partial charge on any atom is 0.142 e. The van der Waals surface area contributed by atoms with Gasteiger partial charge in [-0.1, -0.05) is 0 Å². The van der Waals surface area contributed by atoms with Gasteiger partial charge in [-0.2, -0.15) is 0 Å². The molecule has 0 fully saturated rings. The van der Waals surface area contributed by atoms with Crippen LogP contribution in [0.3, 0.4) is 0 Å². The summed E-state index contributed by atoms with van der Waals surface area (Å²) in [6.45, 7) is 2.86. The molecular formula is C16H12FN3. The Balaban J connectivity index is 1.90. The minimum Gasteiger partial charge on any atom is -0.327 e. The number of aliphatic imine (C=N–C) groups is 1. The number of benzene rings is 1. The van der Waals surface area contributed by atoms with Gasteiger partial charge in [0.1, 0.15) is 11.6 Å². The Morgan fingerprint density at radius 3 is 2.70 bits per heavy atom. The SMILES string of the molecule is CC1=Nc2c3cc(-c4ccc(F)cc4)nc-3ccn2C1. The zero-order chi connectivity index (χ0) is 13.7. The summed E-state index contributed by atoms with van der Waals surface area (Å²) >= 11 is 0. The summed E-state index contributed by atoms with van der Waals surface area (Å²) in [5.74, 6) is 0.724. The van der Waals surface area contributed by atoms with Gasteiger partial charge in [-0.15, -0.1) is 0 Å². The van der Waals surface area contributed by atoms with E-state index < -0.39 is 0 Å². The van der Waals surface area contributed by atoms with E-state index in [9.17, 15) is 4.39 Å². The van der Waals surface area contributed by atoms with Crippen molar-refractivity contribution in [2.75, 3.05) is 0 Å². The van der Waals surface area contributed by atoms with E-state index in [0.29, 0.717) is 0 Å². The smallest absolute Gasteiger partial charge is 0.142 e. The third-order valence-electron chi connectivity index (χ3n) is 3.56. The van der Waals surface area contributed by atoms with Gasteiger partial charge in [0.25, 0.3) is 0 Å². The van der Waals surface area contributed by atoms with Crippen LogP contribution in [0.25, 0.3) is 22.5 Å². The quantitative estimate of drug-likeness (QED) is 0.656. The molecule has 4 rings (SSSR count). The topological polar surface area (TPSA) is 30.2 Å². The number of rotatable bonds is 1. The second kappa shape index (κ2) is 4.00. The summed E-state index contributed by atoms with van der Waals surface area (Å²) in [4.78, 5) is 9.19. The second-order valence-electron chi connectivity index (χ2n) is 5.06. The molecular weight excluding hydrogens is 253 g/mol. The first-order valence-corrected chi connectivity index (χ1v) is 6.51. The molecule has 0 saturated heterocycles. The maximum absolute atomic E-state index is 13.0. The lowest BCUT2D eigenvalue weighted by Crippen LogP contribution is -1.99. The maximum atomic E-state index is 13.0. The third kappa shape index (κ3) is 1.65. The number of fused-ring (bicyclic) bond motifs is 3. The van der Waals surface area contributed by atoms with Crippen molar-refractivity contribution >= 4 is 11.5 Å². The van der Waals surface area contributed by atoms with Crippen LogP contribution >= 0.6 is 0 Å². The molecule has 3 heterocycles. The second-order valence-corrected chi connectivity index (χ2v) is 5.06. The van der Waals surface area contributed by atoms with Crippen molar-refractivity contribution < 1.29 is 4.39 Å². The molecule has 4 heteroatoms. The van der Waals surface area contributed by atoms with Gasteiger partial charge in [-0.05, 0) is 43.3 Å². The fourth-order valence-electron chi connectivity index (χ4n) is 2.61. The minimum atomic E-state index is -0.235. The van der Waals surface area contributed by atoms with Crippen LogP contribution in [0.2, 0.25) is 0 Å². The predicted octanol–water partition coefficient (Wildman–Crippen LogP) is 3.90. The number of nitrogens with zero attached hydrogens (tertiary/aromatic N) is 3. The molecule has 1 aromatic rings. The van der Waals surface area contributed by atoms with Crippen molar-refractivity contribution in [3.05, 3.63) is 48.4 Å². The van der Waals surface area contributed by atoms with Gasteiger partial charge in [-0.3, -0.25) is 0 Å². The summed E-state index contributed by atoms with van der Waals surface area (Å²) in [7, 11) is 0. The van der Waals surface area contributed by atoms with Crippen LogP contribution in [0.1, 0.15) is 6.92 Å². The zero-order valence-electron chi connectivity index (χ0n) is 11.0. The van der Waals surface area contributed by atoms with E-state index in [1.54, 1.807) is 12.1 Å². The number of halogens is 1. The average Bonchev–Trinajstić information content (AvgIpc) is 3.01. The van der Waals surface area contributed by atoms with Gasteiger partial charge in [0, 0.05) is 23.0 Å². The molecule has 98 valence electrons. The predicted molar refractivity (Wildman–Crippen MR) is 77.0 cm³/mol. The number of pyridine rings is 1. The monoisotopic (exact) mass is 265 g/mol. The van der Waals surface area contributed by atoms with E-state index in [-0.39, 0.29) is 5.82 Å². The summed E-state index contributed by atoms with van der Waals surface area (Å²) < 4.78 is 15.1. The van der Waals surface area contributed by atoms with Crippen LogP contribution in [-0.2, 0) is 6.54 Å². The molecule has 3 aliphatic rings. The molecule has 3 aliphatic heterocycles. The largest absolute Gasteiger partial charge is 0.327 e. The first kappa shape index (κ1) is 11.3. The molecule has 0 atom stereocenters. The molecule has 3 nitrogen and oxygen atoms in total. The summed E-state index contributed by atoms with van der Waals surface area (Å²) in [6, 6.07) is 10.4. The van der Waals surface area contributed by atoms with E-state index in [2.05, 4.69) is 14.5 Å². The van der Waals surface area contributed by atoms with E-state index in [0.717, 1.165) is 40.6 Å². The molecule has 0 unspecified atom stereocenters. The normalized spacial score (nSPS) is 13.6. The van der Waals surface area contributed by atoms with Crippen LogP contribution < -0.4 is 0 Å². The fourth-order valence-corrected chi connectivity index (χ4v) is 2.61. The highest BCUT2D eigenvalue weighted by molar-refractivity contribution is 5.91. The molecule has 20 heavy (non-hydrogen) atoms. The van der Waals surface area contributed by atoms with Crippen molar-refractivity contribution in [1.29, 1.82) is 0 Å². The summed E-state index contributed by atoms with van der Waals surface area (Å²) in [5.41, 5.74) is 4.84. The molecule has 0 radical (unpaired) electrons. The zero-order valence-corrected chi connectivity index (χ0v) is 11.0. The highest BCUT2D eigenvalue weighted by Crippen LogP contribution is 2.37. The summed E-state index contributed by atoms with van der Waals surface area (Å²) in [5, 5.41) is 0. The van der Waals surface area contributed by atoms with E-state index in [4.69, 9.17) is 0 Å². The Morgan fingerprint density at radius 2 is 1.90 bits per heavy atom. The Hall–Kier alpha value is -2.49. The van der Waals surface area contributed by atoms with Crippen LogP contribution in [0, 0.1) is 5.82 Å². The highest BCUT2D eigenvalue weighted by Gasteiger charge is 2.20. The van der Waals surface area contributed by atoms with Gasteiger partial charge in [0.05, 0.1) is 17.9 Å². The number of hydrogen-bond donors (Lipinski definition) is 0. The lowest BCUT2D eigenvalue weighted by atomic mass is 10.1. The van der Waals surface area contributed by atoms with Gasteiger partial charge >= 0.3 is 0 Å². The summed E-state index contributed by atoms with van der Waals surface area (Å²) in [6.07, 6.45) is 2.01. The highest BCUT2D eigenvalue weighted by atomic mass is 19.1. The van der Waals surface area contributed by atoms with Gasteiger partial charge in [-0.25, -0.2) is 14.4 Å². The molecule has 0 saturated carbocycles. The molecule has 0 bridgehead atoms. The van der Waals surface area contributed by atoms with E-state index >= 15 is 0 Å². The average molecular weight is 265 g/mol. The molecule has 0 N–H and O–H groups in total. The van der Waals surface area contributed by atoms with Crippen LogP contribution in [0.5, 0.6) is 0 Å². The van der Waals surface area contributed by atoms with Crippen molar-refractivity contribution in [1.82, 2.24) is 9.55 Å². The molecule has 1 aromatic carbocycles. The number of hydrogen-bond acceptors (Lipinski definition) is 2. The Morgan fingerprint density at radius 1 is 1.10 bits per heavy atom. The Labute approximate surface area is 115 Å².